The van der Waals surface area contributed by atoms with Crippen molar-refractivity contribution in [2.75, 3.05) is 6.54 Å². The molecule has 0 spiro atoms. The molecule has 0 bridgehead atoms. The van der Waals surface area contributed by atoms with Crippen LogP contribution in [0.1, 0.15) is 51.1 Å². The number of hydrogen-bond acceptors (Lipinski definition) is 2. The Hall–Kier alpha value is -1.49. The molecule has 2 unspecified atom stereocenters. The monoisotopic (exact) mass is 296 g/mol. The van der Waals surface area contributed by atoms with Crippen LogP contribution in [0.4, 0.5) is 8.78 Å². The van der Waals surface area contributed by atoms with E-state index < -0.39 is 17.2 Å². The number of amides is 1. The van der Waals surface area contributed by atoms with Gasteiger partial charge in [0.05, 0.1) is 11.6 Å². The summed E-state index contributed by atoms with van der Waals surface area (Å²) in [5, 5.41) is 6.22. The molecule has 1 aromatic rings. The average molecular weight is 296 g/mol. The first-order valence-corrected chi connectivity index (χ1v) is 7.49. The zero-order valence-electron chi connectivity index (χ0n) is 12.5. The van der Waals surface area contributed by atoms with E-state index in [1.807, 2.05) is 6.92 Å². The summed E-state index contributed by atoms with van der Waals surface area (Å²) >= 11 is 0. The molecule has 0 radical (unpaired) electrons. The Morgan fingerprint density at radius 2 is 2.19 bits per heavy atom. The van der Waals surface area contributed by atoms with Crippen molar-refractivity contribution in [2.24, 2.45) is 0 Å². The number of nitrogens with one attached hydrogen (secondary N) is 2. The van der Waals surface area contributed by atoms with Gasteiger partial charge in [-0.05, 0) is 50.4 Å². The maximum Gasteiger partial charge on any atom is 0.240 e. The number of rotatable bonds is 5. The lowest BCUT2D eigenvalue weighted by atomic mass is 9.90. The van der Waals surface area contributed by atoms with Crippen molar-refractivity contribution in [1.29, 1.82) is 0 Å². The molecule has 1 amide bonds. The Kier molecular flexibility index (Phi) is 4.93. The second kappa shape index (κ2) is 6.52. The Balaban J connectivity index is 2.08. The maximum atomic E-state index is 13.3. The Labute approximate surface area is 124 Å². The Morgan fingerprint density at radius 1 is 1.43 bits per heavy atom. The van der Waals surface area contributed by atoms with Gasteiger partial charge in [0.25, 0.3) is 0 Å². The van der Waals surface area contributed by atoms with Crippen LogP contribution in [0.25, 0.3) is 0 Å². The third-order valence-electron chi connectivity index (χ3n) is 4.15. The number of carbonyl (C=O) groups excluding carboxylic acids is 1. The molecule has 116 valence electrons. The van der Waals surface area contributed by atoms with Gasteiger partial charge in [0.15, 0.2) is 11.6 Å². The van der Waals surface area contributed by atoms with E-state index in [4.69, 9.17) is 0 Å². The van der Waals surface area contributed by atoms with Crippen LogP contribution in [0.15, 0.2) is 18.2 Å². The fourth-order valence-corrected chi connectivity index (χ4v) is 2.95. The van der Waals surface area contributed by atoms with Crippen molar-refractivity contribution in [2.45, 2.75) is 51.1 Å². The predicted molar refractivity (Wildman–Crippen MR) is 77.8 cm³/mol. The molecule has 2 rings (SSSR count). The molecule has 0 aliphatic carbocycles. The van der Waals surface area contributed by atoms with Crippen LogP contribution in [0.2, 0.25) is 0 Å². The SMILES string of the molecule is CCCC1(C(=O)NC(C)c2ccc(F)c(F)c2)CCCN1. The minimum atomic E-state index is -0.893. The summed E-state index contributed by atoms with van der Waals surface area (Å²) in [6, 6.07) is 3.36. The van der Waals surface area contributed by atoms with E-state index in [0.29, 0.717) is 5.56 Å². The highest BCUT2D eigenvalue weighted by molar-refractivity contribution is 5.87. The third kappa shape index (κ3) is 3.40. The number of halogens is 2. The summed E-state index contributed by atoms with van der Waals surface area (Å²) in [5.41, 5.74) is 0.0496. The van der Waals surface area contributed by atoms with Gasteiger partial charge in [-0.2, -0.15) is 0 Å². The minimum absolute atomic E-state index is 0.0564. The second-order valence-electron chi connectivity index (χ2n) is 5.73. The molecule has 21 heavy (non-hydrogen) atoms. The predicted octanol–water partition coefficient (Wildman–Crippen LogP) is 3.06. The van der Waals surface area contributed by atoms with Gasteiger partial charge in [0, 0.05) is 0 Å². The second-order valence-corrected chi connectivity index (χ2v) is 5.73. The highest BCUT2D eigenvalue weighted by Crippen LogP contribution is 2.26. The zero-order chi connectivity index (χ0) is 15.5. The molecule has 5 heteroatoms. The van der Waals surface area contributed by atoms with Crippen LogP contribution in [0.5, 0.6) is 0 Å². The van der Waals surface area contributed by atoms with Crippen molar-refractivity contribution in [1.82, 2.24) is 10.6 Å². The summed E-state index contributed by atoms with van der Waals surface area (Å²) in [5.74, 6) is -1.83. The minimum Gasteiger partial charge on any atom is -0.348 e. The molecular formula is C16H22F2N2O. The van der Waals surface area contributed by atoms with Crippen molar-refractivity contribution in [3.63, 3.8) is 0 Å². The van der Waals surface area contributed by atoms with Gasteiger partial charge < -0.3 is 10.6 Å². The van der Waals surface area contributed by atoms with Crippen LogP contribution in [-0.2, 0) is 4.79 Å². The van der Waals surface area contributed by atoms with E-state index in [1.54, 1.807) is 6.92 Å². The van der Waals surface area contributed by atoms with Crippen LogP contribution in [0.3, 0.4) is 0 Å². The number of hydrogen-bond donors (Lipinski definition) is 2. The zero-order valence-corrected chi connectivity index (χ0v) is 12.5. The first kappa shape index (κ1) is 15.9. The molecule has 1 aromatic carbocycles. The van der Waals surface area contributed by atoms with Crippen molar-refractivity contribution >= 4 is 5.91 Å². The van der Waals surface area contributed by atoms with E-state index in [9.17, 15) is 13.6 Å². The lowest BCUT2D eigenvalue weighted by molar-refractivity contribution is -0.128. The number of carbonyl (C=O) groups is 1. The lowest BCUT2D eigenvalue weighted by Gasteiger charge is -2.29. The largest absolute Gasteiger partial charge is 0.348 e. The summed E-state index contributed by atoms with van der Waals surface area (Å²) in [7, 11) is 0. The van der Waals surface area contributed by atoms with Gasteiger partial charge in [-0.15, -0.1) is 0 Å². The van der Waals surface area contributed by atoms with Crippen LogP contribution in [0, 0.1) is 11.6 Å². The van der Waals surface area contributed by atoms with E-state index >= 15 is 0 Å². The van der Waals surface area contributed by atoms with Gasteiger partial charge in [0.1, 0.15) is 0 Å². The maximum absolute atomic E-state index is 13.3. The normalized spacial score (nSPS) is 23.0. The standard InChI is InChI=1S/C16H22F2N2O/c1-3-7-16(8-4-9-19-16)15(21)20-11(2)12-5-6-13(17)14(18)10-12/h5-6,10-11,19H,3-4,7-9H2,1-2H3,(H,20,21). The molecule has 1 aliphatic heterocycles. The molecule has 2 atom stereocenters. The molecule has 1 aliphatic rings. The van der Waals surface area contributed by atoms with E-state index in [2.05, 4.69) is 10.6 Å². The van der Waals surface area contributed by atoms with Gasteiger partial charge in [0.2, 0.25) is 5.91 Å². The summed E-state index contributed by atoms with van der Waals surface area (Å²) in [4.78, 5) is 12.6. The van der Waals surface area contributed by atoms with Gasteiger partial charge >= 0.3 is 0 Å². The van der Waals surface area contributed by atoms with E-state index in [-0.39, 0.29) is 11.9 Å². The molecule has 0 saturated carbocycles. The van der Waals surface area contributed by atoms with E-state index in [0.717, 1.165) is 44.4 Å². The first-order chi connectivity index (χ1) is 9.98. The molecule has 2 N–H and O–H groups in total. The Bertz CT molecular complexity index is 513. The van der Waals surface area contributed by atoms with Crippen molar-refractivity contribution in [3.05, 3.63) is 35.4 Å². The van der Waals surface area contributed by atoms with Crippen LogP contribution >= 0.6 is 0 Å². The van der Waals surface area contributed by atoms with Gasteiger partial charge in [-0.3, -0.25) is 4.79 Å². The number of benzene rings is 1. The molecular weight excluding hydrogens is 274 g/mol. The van der Waals surface area contributed by atoms with Crippen LogP contribution in [-0.4, -0.2) is 18.0 Å². The summed E-state index contributed by atoms with van der Waals surface area (Å²) < 4.78 is 26.2. The summed E-state index contributed by atoms with van der Waals surface area (Å²) in [6.07, 6.45) is 3.49. The molecule has 1 fully saturated rings. The smallest absolute Gasteiger partial charge is 0.240 e. The quantitative estimate of drug-likeness (QED) is 0.877. The topological polar surface area (TPSA) is 41.1 Å². The fraction of sp³-hybridized carbons (Fsp3) is 0.562. The molecule has 3 nitrogen and oxygen atoms in total. The highest BCUT2D eigenvalue weighted by Gasteiger charge is 2.40. The van der Waals surface area contributed by atoms with Crippen LogP contribution < -0.4 is 10.6 Å². The van der Waals surface area contributed by atoms with Crippen molar-refractivity contribution in [3.8, 4) is 0 Å². The third-order valence-corrected chi connectivity index (χ3v) is 4.15. The molecule has 1 heterocycles. The van der Waals surface area contributed by atoms with E-state index in [1.165, 1.54) is 6.07 Å². The van der Waals surface area contributed by atoms with Gasteiger partial charge in [-0.25, -0.2) is 8.78 Å². The average Bonchev–Trinajstić information content (AvgIpc) is 2.92. The molecule has 0 aromatic heterocycles. The summed E-state index contributed by atoms with van der Waals surface area (Å²) in [6.45, 7) is 4.67. The lowest BCUT2D eigenvalue weighted by Crippen LogP contribution is -2.53. The van der Waals surface area contributed by atoms with Gasteiger partial charge in [-0.1, -0.05) is 19.4 Å². The highest BCUT2D eigenvalue weighted by atomic mass is 19.2. The van der Waals surface area contributed by atoms with Crippen molar-refractivity contribution < 1.29 is 13.6 Å². The molecule has 1 saturated heterocycles. The Morgan fingerprint density at radius 3 is 2.76 bits per heavy atom. The first-order valence-electron chi connectivity index (χ1n) is 7.49. The fourth-order valence-electron chi connectivity index (χ4n) is 2.95.